The lowest BCUT2D eigenvalue weighted by Crippen LogP contribution is -2.43. The van der Waals surface area contributed by atoms with Crippen LogP contribution in [0, 0.1) is 5.41 Å². The monoisotopic (exact) mass is 280 g/mol. The maximum absolute atomic E-state index is 12.6. The summed E-state index contributed by atoms with van der Waals surface area (Å²) in [5.41, 5.74) is 0.0816. The molecule has 1 aliphatic carbocycles. The normalized spacial score (nSPS) is 24.7. The minimum atomic E-state index is -0.153. The Morgan fingerprint density at radius 2 is 1.95 bits per heavy atom. The van der Waals surface area contributed by atoms with E-state index in [-0.39, 0.29) is 17.1 Å². The van der Waals surface area contributed by atoms with Gasteiger partial charge in [0.25, 0.3) is 0 Å². The van der Waals surface area contributed by atoms with E-state index in [1.807, 2.05) is 0 Å². The van der Waals surface area contributed by atoms with Crippen LogP contribution in [0.5, 0.6) is 0 Å². The summed E-state index contributed by atoms with van der Waals surface area (Å²) in [5.74, 6) is 0.375. The van der Waals surface area contributed by atoms with E-state index in [4.69, 9.17) is 0 Å². The van der Waals surface area contributed by atoms with Crippen LogP contribution in [0.2, 0.25) is 0 Å². The maximum Gasteiger partial charge on any atom is 0.244 e. The van der Waals surface area contributed by atoms with E-state index in [1.165, 1.54) is 25.7 Å². The van der Waals surface area contributed by atoms with Crippen molar-refractivity contribution in [1.29, 1.82) is 0 Å². The predicted molar refractivity (Wildman–Crippen MR) is 83.4 cm³/mol. The molecule has 1 saturated heterocycles. The predicted octanol–water partition coefficient (Wildman–Crippen LogP) is 3.68. The summed E-state index contributed by atoms with van der Waals surface area (Å²) < 4.78 is 0. The minimum absolute atomic E-state index is 0.153. The van der Waals surface area contributed by atoms with Crippen molar-refractivity contribution >= 4 is 5.91 Å². The Morgan fingerprint density at radius 3 is 2.50 bits per heavy atom. The Kier molecular flexibility index (Phi) is 4.78. The number of amides is 1. The van der Waals surface area contributed by atoms with Gasteiger partial charge in [-0.05, 0) is 31.1 Å². The van der Waals surface area contributed by atoms with Gasteiger partial charge in [0.05, 0.1) is 11.7 Å². The van der Waals surface area contributed by atoms with Gasteiger partial charge in [0, 0.05) is 6.54 Å². The van der Waals surface area contributed by atoms with Crippen molar-refractivity contribution in [3.8, 4) is 0 Å². The fourth-order valence-corrected chi connectivity index (χ4v) is 3.44. The minimum Gasteiger partial charge on any atom is -0.325 e. The van der Waals surface area contributed by atoms with Crippen molar-refractivity contribution in [2.24, 2.45) is 5.41 Å². The third-order valence-electron chi connectivity index (χ3n) is 4.86. The van der Waals surface area contributed by atoms with E-state index in [0.717, 1.165) is 32.2 Å². The van der Waals surface area contributed by atoms with Crippen molar-refractivity contribution in [3.05, 3.63) is 0 Å². The van der Waals surface area contributed by atoms with Crippen LogP contribution in [0.25, 0.3) is 0 Å². The van der Waals surface area contributed by atoms with E-state index in [0.29, 0.717) is 5.91 Å². The number of rotatable bonds is 8. The van der Waals surface area contributed by atoms with E-state index in [9.17, 15) is 4.79 Å². The second-order valence-corrected chi connectivity index (χ2v) is 7.59. The third kappa shape index (κ3) is 3.36. The van der Waals surface area contributed by atoms with Crippen molar-refractivity contribution < 1.29 is 4.79 Å². The van der Waals surface area contributed by atoms with E-state index < -0.39 is 0 Å². The van der Waals surface area contributed by atoms with Gasteiger partial charge in [-0.15, -0.1) is 0 Å². The molecule has 20 heavy (non-hydrogen) atoms. The van der Waals surface area contributed by atoms with Gasteiger partial charge >= 0.3 is 0 Å². The molecule has 0 aromatic rings. The number of hydrogen-bond acceptors (Lipinski definition) is 2. The van der Waals surface area contributed by atoms with E-state index >= 15 is 0 Å². The van der Waals surface area contributed by atoms with Gasteiger partial charge < -0.3 is 4.90 Å². The van der Waals surface area contributed by atoms with Crippen molar-refractivity contribution in [3.63, 3.8) is 0 Å². The zero-order valence-electron chi connectivity index (χ0n) is 13.8. The lowest BCUT2D eigenvalue weighted by atomic mass is 9.86. The average molecular weight is 280 g/mol. The van der Waals surface area contributed by atoms with Crippen LogP contribution in [0.4, 0.5) is 0 Å². The number of nitrogens with one attached hydrogen (secondary N) is 1. The molecule has 0 aromatic heterocycles. The van der Waals surface area contributed by atoms with Crippen LogP contribution < -0.4 is 5.32 Å². The summed E-state index contributed by atoms with van der Waals surface area (Å²) in [5, 5.41) is 3.61. The number of nitrogens with zero attached hydrogens (tertiary/aromatic N) is 1. The standard InChI is InChI=1S/C17H32N2O/c1-5-7-8-10-16(3,4)13-19-14(9-6-2)18-17(11-12-17)15(19)20/h14,18H,5-13H2,1-4H3. The molecule has 1 saturated carbocycles. The molecule has 3 nitrogen and oxygen atoms in total. The Hall–Kier alpha value is -0.570. The highest BCUT2D eigenvalue weighted by molar-refractivity contribution is 5.91. The topological polar surface area (TPSA) is 32.3 Å². The third-order valence-corrected chi connectivity index (χ3v) is 4.86. The largest absolute Gasteiger partial charge is 0.325 e. The highest BCUT2D eigenvalue weighted by Crippen LogP contribution is 2.43. The maximum atomic E-state index is 12.6. The summed E-state index contributed by atoms with van der Waals surface area (Å²) in [6, 6.07) is 0. The summed E-state index contributed by atoms with van der Waals surface area (Å²) in [4.78, 5) is 14.8. The van der Waals surface area contributed by atoms with Crippen LogP contribution in [-0.4, -0.2) is 29.1 Å². The first-order chi connectivity index (χ1) is 9.44. The van der Waals surface area contributed by atoms with Crippen LogP contribution in [0.1, 0.15) is 79.1 Å². The summed E-state index contributed by atoms with van der Waals surface area (Å²) in [7, 11) is 0. The Labute approximate surface area is 124 Å². The van der Waals surface area contributed by atoms with Gasteiger partial charge in [0.2, 0.25) is 5.91 Å². The molecule has 3 heteroatoms. The molecule has 1 heterocycles. The van der Waals surface area contributed by atoms with Crippen LogP contribution in [-0.2, 0) is 4.79 Å². The first-order valence-corrected chi connectivity index (χ1v) is 8.53. The van der Waals surface area contributed by atoms with Gasteiger partial charge in [-0.1, -0.05) is 53.4 Å². The summed E-state index contributed by atoms with van der Waals surface area (Å²) in [6.45, 7) is 9.99. The molecule has 1 amide bonds. The van der Waals surface area contributed by atoms with Gasteiger partial charge in [0.1, 0.15) is 0 Å². The molecule has 1 aliphatic heterocycles. The van der Waals surface area contributed by atoms with E-state index in [2.05, 4.69) is 37.9 Å². The lowest BCUT2D eigenvalue weighted by molar-refractivity contribution is -0.132. The molecule has 0 bridgehead atoms. The molecule has 2 aliphatic rings. The van der Waals surface area contributed by atoms with Crippen LogP contribution in [0.3, 0.4) is 0 Å². The Bertz CT molecular complexity index is 347. The van der Waals surface area contributed by atoms with Gasteiger partial charge in [-0.3, -0.25) is 10.1 Å². The molecule has 2 fully saturated rings. The smallest absolute Gasteiger partial charge is 0.244 e. The number of carbonyl (C=O) groups excluding carboxylic acids is 1. The average Bonchev–Trinajstić information content (AvgIpc) is 3.11. The van der Waals surface area contributed by atoms with Crippen LogP contribution >= 0.6 is 0 Å². The molecular weight excluding hydrogens is 248 g/mol. The number of carbonyl (C=O) groups is 1. The fourth-order valence-electron chi connectivity index (χ4n) is 3.44. The van der Waals surface area contributed by atoms with Gasteiger partial charge in [0.15, 0.2) is 0 Å². The second-order valence-electron chi connectivity index (χ2n) is 7.59. The van der Waals surface area contributed by atoms with Crippen LogP contribution in [0.15, 0.2) is 0 Å². The van der Waals surface area contributed by atoms with Crippen molar-refractivity contribution in [1.82, 2.24) is 10.2 Å². The second kappa shape index (κ2) is 6.05. The molecule has 1 spiro atoms. The quantitative estimate of drug-likeness (QED) is 0.688. The summed E-state index contributed by atoms with van der Waals surface area (Å²) >= 11 is 0. The molecule has 116 valence electrons. The van der Waals surface area contributed by atoms with Crippen molar-refractivity contribution in [2.75, 3.05) is 6.54 Å². The zero-order chi connectivity index (χ0) is 14.8. The molecule has 1 atom stereocenters. The molecule has 0 radical (unpaired) electrons. The van der Waals surface area contributed by atoms with E-state index in [1.54, 1.807) is 0 Å². The number of unbranched alkanes of at least 4 members (excludes halogenated alkanes) is 2. The highest BCUT2D eigenvalue weighted by Gasteiger charge is 2.59. The Morgan fingerprint density at radius 1 is 1.25 bits per heavy atom. The van der Waals surface area contributed by atoms with Gasteiger partial charge in [-0.25, -0.2) is 0 Å². The fraction of sp³-hybridized carbons (Fsp3) is 0.941. The SMILES string of the molecule is CCCCCC(C)(C)CN1C(=O)C2(CC2)NC1CCC. The van der Waals surface area contributed by atoms with Crippen molar-refractivity contribution in [2.45, 2.75) is 90.8 Å². The first-order valence-electron chi connectivity index (χ1n) is 8.53. The Balaban J connectivity index is 1.96. The highest BCUT2D eigenvalue weighted by atomic mass is 16.2. The molecule has 1 unspecified atom stereocenters. The molecular formula is C17H32N2O. The first kappa shape index (κ1) is 15.8. The van der Waals surface area contributed by atoms with Gasteiger partial charge in [-0.2, -0.15) is 0 Å². The lowest BCUT2D eigenvalue weighted by Gasteiger charge is -2.33. The molecule has 0 aromatic carbocycles. The zero-order valence-corrected chi connectivity index (χ0v) is 13.8. The molecule has 2 rings (SSSR count). The summed E-state index contributed by atoms with van der Waals surface area (Å²) in [6.07, 6.45) is 9.64. The molecule has 1 N–H and O–H groups in total. The number of hydrogen-bond donors (Lipinski definition) is 1.